The number of rotatable bonds is 72. The van der Waals surface area contributed by atoms with Gasteiger partial charge >= 0.3 is 0 Å². The lowest BCUT2D eigenvalue weighted by atomic mass is 10.0. The summed E-state index contributed by atoms with van der Waals surface area (Å²) in [6.07, 6.45) is 79.4. The van der Waals surface area contributed by atoms with Crippen LogP contribution < -0.4 is 0 Å². The smallest absolute Gasteiger partial charge is 0.0827 e. The van der Waals surface area contributed by atoms with Gasteiger partial charge in [0.05, 0.1) is 70.8 Å². The second-order valence-corrected chi connectivity index (χ2v) is 46.1. The Balaban J connectivity index is 0.000000788. The van der Waals surface area contributed by atoms with Crippen LogP contribution in [0, 0.1) is 82.9 Å². The Bertz CT molecular complexity index is 3540. The van der Waals surface area contributed by atoms with Crippen LogP contribution in [0.5, 0.6) is 0 Å². The number of hydrogen-bond acceptors (Lipinski definition) is 14. The van der Waals surface area contributed by atoms with E-state index in [1.165, 1.54) is 311 Å². The van der Waals surface area contributed by atoms with Crippen molar-refractivity contribution in [2.75, 3.05) is 0 Å². The van der Waals surface area contributed by atoms with Crippen LogP contribution in [0.2, 0.25) is 0 Å². The van der Waals surface area contributed by atoms with E-state index < -0.39 is 0 Å². The van der Waals surface area contributed by atoms with Crippen LogP contribution in [0.3, 0.4) is 0 Å². The Hall–Kier alpha value is -6.02. The Labute approximate surface area is 833 Å². The van der Waals surface area contributed by atoms with Gasteiger partial charge in [-0.15, -0.1) is 35.7 Å². The highest BCUT2D eigenvalue weighted by molar-refractivity contribution is 4.99. The molecule has 0 N–H and O–H groups in total. The van der Waals surface area contributed by atoms with Crippen LogP contribution in [-0.2, 0) is 90.8 Å². The van der Waals surface area contributed by atoms with Gasteiger partial charge < -0.3 is 0 Å². The third-order valence-corrected chi connectivity index (χ3v) is 25.2. The fourth-order valence-electron chi connectivity index (χ4n) is 16.4. The van der Waals surface area contributed by atoms with Gasteiger partial charge in [0.15, 0.2) is 0 Å². The molecule has 7 aromatic heterocycles. The number of hydrogen-bond donors (Lipinski definition) is 0. The van der Waals surface area contributed by atoms with Crippen molar-refractivity contribution in [3.05, 3.63) is 83.2 Å². The van der Waals surface area contributed by atoms with Gasteiger partial charge in [0.1, 0.15) is 0 Å². The van der Waals surface area contributed by atoms with Crippen LogP contribution in [0.4, 0.5) is 0 Å². The van der Waals surface area contributed by atoms with Gasteiger partial charge in [0, 0.05) is 58.2 Å². The minimum atomic E-state index is 0.636. The van der Waals surface area contributed by atoms with E-state index in [0.29, 0.717) is 5.92 Å². The van der Waals surface area contributed by atoms with Gasteiger partial charge in [0.25, 0.3) is 0 Å². The van der Waals surface area contributed by atoms with Gasteiger partial charge in [0.2, 0.25) is 0 Å². The molecule has 0 bridgehead atoms. The fraction of sp³-hybridized carbons (Fsp3) is 0.877. The first kappa shape index (κ1) is 127. The molecule has 7 rings (SSSR count). The largest absolute Gasteiger partial charge is 0.252 e. The summed E-state index contributed by atoms with van der Waals surface area (Å²) in [5.74, 6) is 11.2. The van der Waals surface area contributed by atoms with Crippen molar-refractivity contribution in [3.63, 3.8) is 0 Å². The van der Waals surface area contributed by atoms with Crippen LogP contribution in [0.25, 0.3) is 0 Å². The summed E-state index contributed by atoms with van der Waals surface area (Å²) >= 11 is 0. The zero-order valence-corrected chi connectivity index (χ0v) is 94.0. The normalized spacial score (nSPS) is 11.7. The molecule has 782 valence electrons. The molecule has 0 amide bonds. The van der Waals surface area contributed by atoms with Crippen LogP contribution in [0.1, 0.15) is 516 Å². The minimum absolute atomic E-state index is 0.636. The molecule has 0 radical (unpaired) electrons. The Morgan fingerprint density at radius 3 is 0.689 bits per heavy atom. The highest BCUT2D eigenvalue weighted by Gasteiger charge is 2.14. The molecule has 0 aliphatic heterocycles. The zero-order valence-electron chi connectivity index (χ0n) is 94.0. The minimum Gasteiger partial charge on any atom is -0.252 e. The van der Waals surface area contributed by atoms with Gasteiger partial charge in [-0.2, -0.15) is 0 Å². The lowest BCUT2D eigenvalue weighted by Crippen LogP contribution is -2.09. The van der Waals surface area contributed by atoms with Crippen molar-refractivity contribution in [3.8, 4) is 0 Å². The summed E-state index contributed by atoms with van der Waals surface area (Å²) in [6.45, 7) is 71.1. The maximum atomic E-state index is 4.26. The van der Waals surface area contributed by atoms with E-state index in [9.17, 15) is 0 Å². The summed E-state index contributed by atoms with van der Waals surface area (Å²) in [4.78, 5) is 0. The molecule has 0 aliphatic carbocycles. The highest BCUT2D eigenvalue weighted by atomic mass is 15.5. The maximum Gasteiger partial charge on any atom is 0.0827 e. The van der Waals surface area contributed by atoms with Gasteiger partial charge in [-0.05, 0) is 211 Å². The molecule has 0 fully saturated rings. The van der Waals surface area contributed by atoms with Gasteiger partial charge in [-0.3, -0.25) is 9.36 Å². The molecule has 0 unspecified atom stereocenters. The first-order valence-electron chi connectivity index (χ1n) is 56.8. The molecular weight excluding hydrogens is 1660 g/mol. The number of aryl methyl sites for hydroxylation is 13. The second kappa shape index (κ2) is 83.7. The van der Waals surface area contributed by atoms with Gasteiger partial charge in [-0.1, -0.05) is 429 Å². The third kappa shape index (κ3) is 77.4. The molecule has 0 spiro atoms. The number of aromatic nitrogens is 21. The van der Waals surface area contributed by atoms with E-state index in [2.05, 4.69) is 302 Å². The number of nitrogens with zero attached hydrogens (tertiary/aromatic N) is 21. The van der Waals surface area contributed by atoms with Crippen molar-refractivity contribution >= 4 is 0 Å². The predicted molar refractivity (Wildman–Crippen MR) is 577 cm³/mol. The first-order chi connectivity index (χ1) is 64.6. The SMILES string of the molecule is CC(C)CCCCCCCc1cnnn1CCC(C)C.CC(C)CCCCCCn1cc(CCC(C)C)nn1.CC(C)CCCCCCn1nncc1CCCC(C)C.CC(C)CCCCCCn1nncc1CCCC(C)C.CC(C)CCCCCc1cnnn1CC(C)C.CC(C)CCCCCc1cnnn1CCCCC(C)C.CC(C)CCCCc1cn(CCCCC(C)C)nn1. The molecule has 135 heavy (non-hydrogen) atoms. The molecule has 0 aliphatic rings. The average Bonchev–Trinajstić information content (AvgIpc) is 1.76. The Kier molecular flexibility index (Phi) is 78.8. The molecular formula is C114H221N21. The van der Waals surface area contributed by atoms with Crippen LogP contribution in [-0.4, -0.2) is 105 Å². The Morgan fingerprint density at radius 2 is 0.378 bits per heavy atom. The average molecular weight is 1890 g/mol. The lowest BCUT2D eigenvalue weighted by Gasteiger charge is -2.08. The van der Waals surface area contributed by atoms with Gasteiger partial charge in [-0.25, -0.2) is 23.4 Å². The van der Waals surface area contributed by atoms with Crippen molar-refractivity contribution in [1.82, 2.24) is 105 Å². The van der Waals surface area contributed by atoms with Crippen LogP contribution in [0.15, 0.2) is 43.4 Å². The first-order valence-corrected chi connectivity index (χ1v) is 56.8. The summed E-state index contributed by atoms with van der Waals surface area (Å²) < 4.78 is 14.5. The van der Waals surface area contributed by atoms with Crippen molar-refractivity contribution in [2.24, 2.45) is 82.9 Å². The predicted octanol–water partition coefficient (Wildman–Crippen LogP) is 32.1. The lowest BCUT2D eigenvalue weighted by molar-refractivity contribution is 0.453. The maximum absolute atomic E-state index is 4.26. The third-order valence-electron chi connectivity index (χ3n) is 25.2. The summed E-state index contributed by atoms with van der Waals surface area (Å²) in [6, 6.07) is 0. The summed E-state index contributed by atoms with van der Waals surface area (Å²) in [5, 5.41) is 58.2. The fourth-order valence-corrected chi connectivity index (χ4v) is 16.4. The van der Waals surface area contributed by atoms with E-state index in [4.69, 9.17) is 0 Å². The van der Waals surface area contributed by atoms with E-state index in [-0.39, 0.29) is 0 Å². The topological polar surface area (TPSA) is 215 Å². The standard InChI is InChI=1S/4C17H33N3.2C16H31N3.C14H27N3/c1-15(2)10-6-5-7-12-17-14-18-19-20(17)13-9-8-11-16(3)4;2*1-15(2)10-7-5-6-8-13-20-17(14-18-19-20)12-9-11-16(3)4;1-15(2)10-8-6-5-7-9-11-17-14-18-19-20(17)13-12-16(3)4;1-14(2)9-5-6-11-16-13-19(18-17-16)12-8-7-10-15(3)4;1-14(2)9-7-5-6-8-12-19-13-16(17-18-19)11-10-15(3)4;1-12(2)8-6-5-7-9-14-10-15-16-17(14)11-13(3)4/h4*14-16H,5-13H2,1-4H3;2*13-15H,5-12H2,1-4H3;10,12-13H,5-9,11H2,1-4H3. The summed E-state index contributed by atoms with van der Waals surface area (Å²) in [7, 11) is 0. The van der Waals surface area contributed by atoms with Crippen LogP contribution >= 0.6 is 0 Å². The molecule has 0 aromatic carbocycles. The van der Waals surface area contributed by atoms with Crippen molar-refractivity contribution in [2.45, 2.75) is 567 Å². The summed E-state index contributed by atoms with van der Waals surface area (Å²) in [5.41, 5.74) is 8.86. The molecule has 0 atom stereocenters. The highest BCUT2D eigenvalue weighted by Crippen LogP contribution is 2.22. The van der Waals surface area contributed by atoms with Crippen molar-refractivity contribution in [1.29, 1.82) is 0 Å². The molecule has 21 heteroatoms. The van der Waals surface area contributed by atoms with E-state index >= 15 is 0 Å². The Morgan fingerprint density at radius 1 is 0.170 bits per heavy atom. The monoisotopic (exact) mass is 1880 g/mol. The van der Waals surface area contributed by atoms with E-state index in [1.807, 2.05) is 40.3 Å². The number of unbranched alkanes of at least 4 members (excludes halogenated alkanes) is 20. The molecule has 0 saturated carbocycles. The van der Waals surface area contributed by atoms with Crippen molar-refractivity contribution < 1.29 is 0 Å². The second-order valence-electron chi connectivity index (χ2n) is 46.1. The zero-order chi connectivity index (χ0) is 100. The quantitative estimate of drug-likeness (QED) is 0.0324. The molecule has 0 saturated heterocycles. The molecule has 21 nitrogen and oxygen atoms in total. The van der Waals surface area contributed by atoms with E-state index in [0.717, 1.165) is 179 Å². The van der Waals surface area contributed by atoms with E-state index in [1.54, 1.807) is 0 Å². The molecule has 7 aromatic rings. The molecule has 7 heterocycles.